The molecule has 0 unspecified atom stereocenters. The summed E-state index contributed by atoms with van der Waals surface area (Å²) < 4.78 is 23.2. The Bertz CT molecular complexity index is 307. The van der Waals surface area contributed by atoms with Crippen molar-refractivity contribution in [3.63, 3.8) is 0 Å². The van der Waals surface area contributed by atoms with Crippen molar-refractivity contribution < 1.29 is 13.2 Å². The minimum Gasteiger partial charge on any atom is -0.274 e. The largest absolute Gasteiger partial charge is 0.274 e. The van der Waals surface area contributed by atoms with Gasteiger partial charge in [0.1, 0.15) is 0 Å². The van der Waals surface area contributed by atoms with Crippen LogP contribution in [0.15, 0.2) is 12.7 Å². The lowest BCUT2D eigenvalue weighted by Crippen LogP contribution is -2.30. The summed E-state index contributed by atoms with van der Waals surface area (Å²) in [6.45, 7) is 3.52. The van der Waals surface area contributed by atoms with Crippen LogP contribution >= 0.6 is 0 Å². The molecule has 0 radical (unpaired) electrons. The first-order chi connectivity index (χ1) is 5.44. The summed E-state index contributed by atoms with van der Waals surface area (Å²) in [5.41, 5.74) is 0. The normalized spacial score (nSPS) is 27.8. The van der Waals surface area contributed by atoms with Gasteiger partial charge in [-0.3, -0.25) is 9.52 Å². The zero-order valence-electron chi connectivity index (χ0n) is 6.78. The summed E-state index contributed by atoms with van der Waals surface area (Å²) in [7, 11) is -3.39. The Hall–Kier alpha value is -0.840. The molecular weight excluding hydrogens is 178 g/mol. The van der Waals surface area contributed by atoms with Crippen molar-refractivity contribution in [2.45, 2.75) is 6.42 Å². The summed E-state index contributed by atoms with van der Waals surface area (Å²) in [6.07, 6.45) is 3.35. The number of carbonyl (C=O) groups is 1. The average molecular weight is 189 g/mol. The Morgan fingerprint density at radius 3 is 2.58 bits per heavy atom. The standard InChI is InChI=1S/C7H11NO3S/c1-3-5-4-6(5)7(9)8-12(2,10)11/h3,5-6H,1,4H2,2H3,(H,8,9)/t5-,6+/m1/s1. The van der Waals surface area contributed by atoms with Gasteiger partial charge in [-0.25, -0.2) is 8.42 Å². The van der Waals surface area contributed by atoms with E-state index in [9.17, 15) is 13.2 Å². The van der Waals surface area contributed by atoms with Crippen LogP contribution in [0.2, 0.25) is 0 Å². The van der Waals surface area contributed by atoms with Crippen molar-refractivity contribution in [1.82, 2.24) is 4.72 Å². The molecule has 1 amide bonds. The van der Waals surface area contributed by atoms with Gasteiger partial charge in [0.05, 0.1) is 6.26 Å². The van der Waals surface area contributed by atoms with Crippen LogP contribution < -0.4 is 4.72 Å². The molecule has 0 heterocycles. The van der Waals surface area contributed by atoms with Crippen molar-refractivity contribution in [3.05, 3.63) is 12.7 Å². The van der Waals surface area contributed by atoms with Crippen LogP contribution in [0.25, 0.3) is 0 Å². The molecule has 12 heavy (non-hydrogen) atoms. The molecule has 0 aromatic rings. The molecule has 1 aliphatic carbocycles. The third-order valence-corrected chi connectivity index (χ3v) is 2.34. The summed E-state index contributed by atoms with van der Waals surface area (Å²) >= 11 is 0. The Morgan fingerprint density at radius 1 is 1.67 bits per heavy atom. The molecular formula is C7H11NO3S. The van der Waals surface area contributed by atoms with Gasteiger partial charge in [-0.2, -0.15) is 0 Å². The van der Waals surface area contributed by atoms with E-state index in [1.54, 1.807) is 6.08 Å². The summed E-state index contributed by atoms with van der Waals surface area (Å²) in [5.74, 6) is -0.439. The van der Waals surface area contributed by atoms with Crippen molar-refractivity contribution in [3.8, 4) is 0 Å². The van der Waals surface area contributed by atoms with E-state index >= 15 is 0 Å². The van der Waals surface area contributed by atoms with Crippen LogP contribution in [-0.4, -0.2) is 20.6 Å². The lowest BCUT2D eigenvalue weighted by atomic mass is 10.3. The molecule has 0 saturated heterocycles. The first-order valence-corrected chi connectivity index (χ1v) is 5.47. The third-order valence-electron chi connectivity index (χ3n) is 1.77. The minimum atomic E-state index is -3.39. The number of hydrogen-bond acceptors (Lipinski definition) is 3. The van der Waals surface area contributed by atoms with Crippen LogP contribution in [0.1, 0.15) is 6.42 Å². The second-order valence-corrected chi connectivity index (χ2v) is 4.73. The molecule has 2 atom stereocenters. The second kappa shape index (κ2) is 2.90. The van der Waals surface area contributed by atoms with Gasteiger partial charge in [-0.1, -0.05) is 6.08 Å². The SMILES string of the molecule is C=C[C@@H]1C[C@@H]1C(=O)NS(C)(=O)=O. The molecule has 1 fully saturated rings. The smallest absolute Gasteiger partial charge is 0.237 e. The van der Waals surface area contributed by atoms with Gasteiger partial charge in [0.2, 0.25) is 15.9 Å². The van der Waals surface area contributed by atoms with Crippen LogP contribution in [-0.2, 0) is 14.8 Å². The van der Waals surface area contributed by atoms with Crippen LogP contribution in [0.4, 0.5) is 0 Å². The maximum Gasteiger partial charge on any atom is 0.237 e. The fourth-order valence-electron chi connectivity index (χ4n) is 1.04. The van der Waals surface area contributed by atoms with Gasteiger partial charge >= 0.3 is 0 Å². The van der Waals surface area contributed by atoms with E-state index in [2.05, 4.69) is 6.58 Å². The van der Waals surface area contributed by atoms with Gasteiger partial charge in [-0.05, 0) is 12.3 Å². The van der Waals surface area contributed by atoms with Crippen molar-refractivity contribution in [2.75, 3.05) is 6.26 Å². The topological polar surface area (TPSA) is 63.2 Å². The van der Waals surface area contributed by atoms with E-state index in [4.69, 9.17) is 0 Å². The third kappa shape index (κ3) is 2.34. The molecule has 1 N–H and O–H groups in total. The van der Waals surface area contributed by atoms with Crippen LogP contribution in [0, 0.1) is 11.8 Å². The molecule has 0 aliphatic heterocycles. The van der Waals surface area contributed by atoms with E-state index in [1.807, 2.05) is 4.72 Å². The Labute approximate surface area is 71.7 Å². The van der Waals surface area contributed by atoms with E-state index in [0.717, 1.165) is 6.26 Å². The first-order valence-electron chi connectivity index (χ1n) is 3.58. The highest BCUT2D eigenvalue weighted by Crippen LogP contribution is 2.39. The quantitative estimate of drug-likeness (QED) is 0.630. The molecule has 1 saturated carbocycles. The highest BCUT2D eigenvalue weighted by atomic mass is 32.2. The van der Waals surface area contributed by atoms with E-state index in [1.165, 1.54) is 0 Å². The fourth-order valence-corrected chi connectivity index (χ4v) is 1.55. The maximum atomic E-state index is 11.1. The molecule has 1 aliphatic rings. The number of sulfonamides is 1. The van der Waals surface area contributed by atoms with Crippen LogP contribution in [0.5, 0.6) is 0 Å². The molecule has 1 rings (SSSR count). The molecule has 68 valence electrons. The van der Waals surface area contributed by atoms with Crippen LogP contribution in [0.3, 0.4) is 0 Å². The predicted octanol–water partition coefficient (Wildman–Crippen LogP) is -0.116. The molecule has 4 nitrogen and oxygen atoms in total. The zero-order valence-corrected chi connectivity index (χ0v) is 7.60. The van der Waals surface area contributed by atoms with E-state index < -0.39 is 15.9 Å². The number of allylic oxidation sites excluding steroid dienone is 1. The number of amides is 1. The van der Waals surface area contributed by atoms with E-state index in [0.29, 0.717) is 6.42 Å². The van der Waals surface area contributed by atoms with Gasteiger partial charge in [0.15, 0.2) is 0 Å². The molecule has 0 bridgehead atoms. The molecule has 5 heteroatoms. The number of nitrogens with one attached hydrogen (secondary N) is 1. The zero-order chi connectivity index (χ0) is 9.35. The average Bonchev–Trinajstić information content (AvgIpc) is 2.60. The fraction of sp³-hybridized carbons (Fsp3) is 0.571. The second-order valence-electron chi connectivity index (χ2n) is 2.98. The first kappa shape index (κ1) is 9.25. The molecule has 0 aromatic carbocycles. The highest BCUT2D eigenvalue weighted by molar-refractivity contribution is 7.89. The highest BCUT2D eigenvalue weighted by Gasteiger charge is 2.41. The lowest BCUT2D eigenvalue weighted by molar-refractivity contribution is -0.120. The van der Waals surface area contributed by atoms with Crippen molar-refractivity contribution >= 4 is 15.9 Å². The van der Waals surface area contributed by atoms with Crippen molar-refractivity contribution in [1.29, 1.82) is 0 Å². The van der Waals surface area contributed by atoms with Gasteiger partial charge < -0.3 is 0 Å². The van der Waals surface area contributed by atoms with Gasteiger partial charge in [-0.15, -0.1) is 6.58 Å². The Morgan fingerprint density at radius 2 is 2.25 bits per heavy atom. The number of rotatable bonds is 3. The number of carbonyl (C=O) groups excluding carboxylic acids is 1. The summed E-state index contributed by atoms with van der Waals surface area (Å²) in [5, 5.41) is 0. The Kier molecular flexibility index (Phi) is 2.23. The summed E-state index contributed by atoms with van der Waals surface area (Å²) in [6, 6.07) is 0. The van der Waals surface area contributed by atoms with Gasteiger partial charge in [0.25, 0.3) is 0 Å². The molecule has 0 aromatic heterocycles. The van der Waals surface area contributed by atoms with Crippen molar-refractivity contribution in [2.24, 2.45) is 11.8 Å². The van der Waals surface area contributed by atoms with E-state index in [-0.39, 0.29) is 11.8 Å². The monoisotopic (exact) mass is 189 g/mol. The number of hydrogen-bond donors (Lipinski definition) is 1. The van der Waals surface area contributed by atoms with Gasteiger partial charge in [0, 0.05) is 5.92 Å². The minimum absolute atomic E-state index is 0.159. The lowest BCUT2D eigenvalue weighted by Gasteiger charge is -1.99. The Balaban J connectivity index is 2.47. The predicted molar refractivity (Wildman–Crippen MR) is 44.8 cm³/mol. The maximum absolute atomic E-state index is 11.1. The summed E-state index contributed by atoms with van der Waals surface area (Å²) in [4.78, 5) is 11.1. The molecule has 0 spiro atoms.